The molecule has 13 heteroatoms. The summed E-state index contributed by atoms with van der Waals surface area (Å²) in [5.74, 6) is -2.69. The number of nitrogens with one attached hydrogen (secondary N) is 3. The van der Waals surface area contributed by atoms with Crippen LogP contribution in [0.4, 0.5) is 0 Å². The summed E-state index contributed by atoms with van der Waals surface area (Å²) in [6.45, 7) is 14.3. The zero-order chi connectivity index (χ0) is 39.8. The lowest BCUT2D eigenvalue weighted by molar-refractivity contribution is -0.144. The summed E-state index contributed by atoms with van der Waals surface area (Å²) in [6.07, 6.45) is 12.3. The predicted octanol–water partition coefficient (Wildman–Crippen LogP) is 4.85. The van der Waals surface area contributed by atoms with E-state index in [1.807, 2.05) is 20.8 Å². The lowest BCUT2D eigenvalue weighted by Gasteiger charge is -2.38. The van der Waals surface area contributed by atoms with Gasteiger partial charge in [0.1, 0.15) is 17.8 Å². The third-order valence-corrected chi connectivity index (χ3v) is 16.8. The predicted molar refractivity (Wildman–Crippen MR) is 207 cm³/mol. The van der Waals surface area contributed by atoms with Gasteiger partial charge in [-0.15, -0.1) is 6.58 Å². The van der Waals surface area contributed by atoms with Gasteiger partial charge in [0.05, 0.1) is 16.7 Å². The van der Waals surface area contributed by atoms with Crippen LogP contribution in [0.3, 0.4) is 0 Å². The summed E-state index contributed by atoms with van der Waals surface area (Å²) in [5, 5.41) is 5.45. The average Bonchev–Trinajstić information content (AvgIpc) is 4.07. The number of fused-ring (bicyclic) bond motifs is 1. The van der Waals surface area contributed by atoms with E-state index in [0.29, 0.717) is 32.2 Å². The molecule has 4 amide bonds. The molecule has 300 valence electrons. The fourth-order valence-corrected chi connectivity index (χ4v) is 12.4. The molecule has 0 radical (unpaired) electrons. The van der Waals surface area contributed by atoms with Gasteiger partial charge in [-0.05, 0) is 91.6 Å². The Morgan fingerprint density at radius 1 is 0.964 bits per heavy atom. The molecule has 3 N–H and O–H groups in total. The lowest BCUT2D eigenvalue weighted by Crippen LogP contribution is -2.61. The fraction of sp³-hybridized carbons (Fsp3) is 0.714. The zero-order valence-corrected chi connectivity index (χ0v) is 33.9. The van der Waals surface area contributed by atoms with Gasteiger partial charge < -0.3 is 15.5 Å². The van der Waals surface area contributed by atoms with Crippen molar-refractivity contribution >= 4 is 39.4 Å². The lowest BCUT2D eigenvalue weighted by atomic mass is 9.73. The smallest absolute Gasteiger partial charge is 0.270 e. The Balaban J connectivity index is 1.16. The van der Waals surface area contributed by atoms with Crippen molar-refractivity contribution in [3.8, 4) is 0 Å². The van der Waals surface area contributed by atoms with Gasteiger partial charge in [0.2, 0.25) is 27.7 Å². The van der Waals surface area contributed by atoms with Crippen LogP contribution in [0.5, 0.6) is 0 Å². The SMILES string of the molecule is C=C[C@@H]1C[C@]1(CC(=O)[C@@H]1C[C@@]2(CN1C(=O)[C@@H](NC(=O)[C@@H](NC(=O)c1ccccn1)C1CCCCC1)C(C)(C)C)C(C)(C)C21CCC1)C(=O)NS(=O)(=O)C1CC1. The molecule has 1 saturated heterocycles. The summed E-state index contributed by atoms with van der Waals surface area (Å²) in [6, 6.07) is 2.28. The van der Waals surface area contributed by atoms with Gasteiger partial charge in [-0.2, -0.15) is 0 Å². The van der Waals surface area contributed by atoms with Crippen LogP contribution in [0.2, 0.25) is 0 Å². The molecule has 1 aromatic rings. The third-order valence-electron chi connectivity index (χ3n) is 15.0. The monoisotopic (exact) mass is 777 g/mol. The number of aromatic nitrogens is 1. The molecule has 6 atom stereocenters. The molecular weight excluding hydrogens is 719 g/mol. The van der Waals surface area contributed by atoms with Gasteiger partial charge >= 0.3 is 0 Å². The molecule has 7 rings (SSSR count). The number of amides is 4. The number of hydrogen-bond acceptors (Lipinski definition) is 8. The van der Waals surface area contributed by atoms with Crippen molar-refractivity contribution in [2.24, 2.45) is 38.9 Å². The molecule has 2 spiro atoms. The number of pyridine rings is 1. The number of sulfonamides is 1. The minimum Gasteiger partial charge on any atom is -0.342 e. The van der Waals surface area contributed by atoms with Crippen LogP contribution < -0.4 is 15.4 Å². The average molecular weight is 778 g/mol. The van der Waals surface area contributed by atoms with E-state index in [-0.39, 0.29) is 51.9 Å². The Morgan fingerprint density at radius 3 is 2.18 bits per heavy atom. The number of allylic oxidation sites excluding steroid dienone is 1. The molecule has 5 saturated carbocycles. The number of rotatable bonds is 13. The summed E-state index contributed by atoms with van der Waals surface area (Å²) in [5.41, 5.74) is -2.22. The van der Waals surface area contributed by atoms with Gasteiger partial charge in [0, 0.05) is 24.6 Å². The van der Waals surface area contributed by atoms with Crippen LogP contribution in [-0.2, 0) is 29.2 Å². The zero-order valence-electron chi connectivity index (χ0n) is 33.1. The van der Waals surface area contributed by atoms with E-state index >= 15 is 4.79 Å². The van der Waals surface area contributed by atoms with Crippen molar-refractivity contribution in [1.82, 2.24) is 25.2 Å². The molecule has 1 aliphatic heterocycles. The molecule has 0 unspecified atom stereocenters. The van der Waals surface area contributed by atoms with Crippen molar-refractivity contribution in [3.05, 3.63) is 42.7 Å². The van der Waals surface area contributed by atoms with E-state index in [2.05, 4.69) is 40.8 Å². The normalized spacial score (nSPS) is 30.5. The van der Waals surface area contributed by atoms with Gasteiger partial charge in [-0.25, -0.2) is 8.42 Å². The topological polar surface area (TPSA) is 172 Å². The summed E-state index contributed by atoms with van der Waals surface area (Å²) < 4.78 is 27.9. The molecule has 0 bridgehead atoms. The van der Waals surface area contributed by atoms with Gasteiger partial charge in [0.15, 0.2) is 5.78 Å². The third kappa shape index (κ3) is 6.63. The van der Waals surface area contributed by atoms with E-state index in [4.69, 9.17) is 0 Å². The van der Waals surface area contributed by atoms with Gasteiger partial charge in [0.25, 0.3) is 5.91 Å². The maximum absolute atomic E-state index is 15.1. The first-order chi connectivity index (χ1) is 25.8. The van der Waals surface area contributed by atoms with Crippen molar-refractivity contribution in [2.45, 2.75) is 141 Å². The highest BCUT2D eigenvalue weighted by Gasteiger charge is 2.85. The molecule has 55 heavy (non-hydrogen) atoms. The largest absolute Gasteiger partial charge is 0.342 e. The second-order valence-electron chi connectivity index (χ2n) is 19.2. The van der Waals surface area contributed by atoms with Crippen LogP contribution in [0.15, 0.2) is 37.1 Å². The highest BCUT2D eigenvalue weighted by Crippen LogP contribution is 2.88. The summed E-state index contributed by atoms with van der Waals surface area (Å²) in [7, 11) is -3.83. The Bertz CT molecular complexity index is 1860. The van der Waals surface area contributed by atoms with E-state index in [0.717, 1.165) is 51.4 Å². The Labute approximate surface area is 325 Å². The van der Waals surface area contributed by atoms with E-state index in [1.54, 1.807) is 29.2 Å². The fourth-order valence-electron chi connectivity index (χ4n) is 11.0. The van der Waals surface area contributed by atoms with E-state index < -0.39 is 62.0 Å². The standard InChI is InChI=1S/C42H59N5O7S/c1-7-27-22-40(27,37(52)46-55(53,54)28-17-18-28)24-31(48)30-23-42(39(5,6)41(42)19-13-20-41)25-47(30)36(51)33(38(2,3)4)45-35(50)32(26-14-9-8-10-15-26)44-34(49)29-16-11-12-21-43-29/h7,11-12,16,21,26-28,30,32-33H,1,8-10,13-15,17-20,22-25H2,2-6H3,(H,44,49)(H,45,50)(H,46,52)/t27-,30+,32+,33-,40-,42-/m1/s1. The first-order valence-corrected chi connectivity index (χ1v) is 21.9. The molecule has 6 fully saturated rings. The maximum atomic E-state index is 15.1. The number of nitrogens with zero attached hydrogens (tertiary/aromatic N) is 2. The molecular formula is C42H59N5O7S. The molecule has 5 aliphatic carbocycles. The van der Waals surface area contributed by atoms with Crippen LogP contribution in [-0.4, -0.2) is 77.6 Å². The number of hydrogen-bond donors (Lipinski definition) is 3. The van der Waals surface area contributed by atoms with Crippen molar-refractivity contribution < 1.29 is 32.4 Å². The first kappa shape index (κ1) is 39.6. The van der Waals surface area contributed by atoms with Gasteiger partial charge in [-0.3, -0.25) is 33.7 Å². The number of Topliss-reactive ketones (excluding diaryl/α,β-unsaturated/α-hetero) is 1. The quantitative estimate of drug-likeness (QED) is 0.239. The van der Waals surface area contributed by atoms with Crippen molar-refractivity contribution in [3.63, 3.8) is 0 Å². The van der Waals surface area contributed by atoms with Crippen molar-refractivity contribution in [1.29, 1.82) is 0 Å². The van der Waals surface area contributed by atoms with E-state index in [9.17, 15) is 27.6 Å². The van der Waals surface area contributed by atoms with Crippen LogP contribution in [0.1, 0.15) is 129 Å². The Kier molecular flexibility index (Phi) is 9.94. The van der Waals surface area contributed by atoms with E-state index in [1.165, 1.54) is 6.20 Å². The highest BCUT2D eigenvalue weighted by atomic mass is 32.2. The number of likely N-dealkylation sites (tertiary alicyclic amines) is 1. The molecule has 6 aliphatic rings. The number of carbonyl (C=O) groups excluding carboxylic acids is 5. The molecule has 12 nitrogen and oxygen atoms in total. The Hall–Kier alpha value is -3.61. The highest BCUT2D eigenvalue weighted by molar-refractivity contribution is 7.90. The number of ketones is 1. The Morgan fingerprint density at radius 2 is 1.65 bits per heavy atom. The minimum absolute atomic E-state index is 0.00646. The maximum Gasteiger partial charge on any atom is 0.270 e. The van der Waals surface area contributed by atoms with Crippen molar-refractivity contribution in [2.75, 3.05) is 6.54 Å². The second kappa shape index (κ2) is 13.8. The van der Waals surface area contributed by atoms with Crippen LogP contribution >= 0.6 is 0 Å². The molecule has 1 aromatic heterocycles. The summed E-state index contributed by atoms with van der Waals surface area (Å²) in [4.78, 5) is 77.2. The molecule has 2 heterocycles. The van der Waals surface area contributed by atoms with Crippen LogP contribution in [0, 0.1) is 38.9 Å². The van der Waals surface area contributed by atoms with Crippen LogP contribution in [0.25, 0.3) is 0 Å². The molecule has 0 aromatic carbocycles. The minimum atomic E-state index is -3.83. The number of carbonyl (C=O) groups is 5. The van der Waals surface area contributed by atoms with Gasteiger partial charge in [-0.1, -0.05) is 72.4 Å². The summed E-state index contributed by atoms with van der Waals surface area (Å²) >= 11 is 0. The second-order valence-corrected chi connectivity index (χ2v) is 21.2. The first-order valence-electron chi connectivity index (χ1n) is 20.4.